The minimum atomic E-state index is 0.477. The van der Waals surface area contributed by atoms with Crippen LogP contribution in [0, 0.1) is 0 Å². The number of nitrogens with zero attached hydrogens (tertiary/aromatic N) is 1. The zero-order valence-corrected chi connectivity index (χ0v) is 10.1. The van der Waals surface area contributed by atoms with Gasteiger partial charge < -0.3 is 4.74 Å². The fraction of sp³-hybridized carbons (Fsp3) is 0.667. The van der Waals surface area contributed by atoms with Crippen molar-refractivity contribution in [2.24, 2.45) is 0 Å². The molecule has 2 nitrogen and oxygen atoms in total. The van der Waals surface area contributed by atoms with Crippen LogP contribution >= 0.6 is 11.3 Å². The molecule has 1 aromatic rings. The van der Waals surface area contributed by atoms with E-state index in [1.165, 1.54) is 17.7 Å². The first-order chi connectivity index (χ1) is 7.38. The summed E-state index contributed by atoms with van der Waals surface area (Å²) < 4.78 is 5.67. The highest BCUT2D eigenvalue weighted by Gasteiger charge is 2.18. The first-order valence-electron chi connectivity index (χ1n) is 5.75. The average Bonchev–Trinajstić information content (AvgIpc) is 2.89. The Labute approximate surface area is 95.9 Å². The summed E-state index contributed by atoms with van der Waals surface area (Å²) >= 11 is 1.84. The van der Waals surface area contributed by atoms with E-state index < -0.39 is 0 Å². The number of hydrogen-bond donors (Lipinski definition) is 0. The van der Waals surface area contributed by atoms with Crippen LogP contribution in [0.15, 0.2) is 17.5 Å². The van der Waals surface area contributed by atoms with Gasteiger partial charge in [-0.3, -0.25) is 4.90 Å². The molecule has 0 radical (unpaired) electrons. The van der Waals surface area contributed by atoms with Gasteiger partial charge in [0.25, 0.3) is 0 Å². The van der Waals surface area contributed by atoms with Gasteiger partial charge in [0.15, 0.2) is 0 Å². The number of hydrogen-bond acceptors (Lipinski definition) is 3. The molecule has 1 saturated heterocycles. The molecule has 2 heterocycles. The molecule has 0 spiro atoms. The van der Waals surface area contributed by atoms with E-state index in [9.17, 15) is 0 Å². The van der Waals surface area contributed by atoms with Gasteiger partial charge >= 0.3 is 0 Å². The van der Waals surface area contributed by atoms with Crippen molar-refractivity contribution in [1.29, 1.82) is 0 Å². The Morgan fingerprint density at radius 1 is 1.60 bits per heavy atom. The van der Waals surface area contributed by atoms with E-state index in [0.717, 1.165) is 26.2 Å². The highest BCUT2D eigenvalue weighted by molar-refractivity contribution is 7.09. The lowest BCUT2D eigenvalue weighted by molar-refractivity contribution is 0.0728. The molecular weight excluding hydrogens is 206 g/mol. The number of ether oxygens (including phenoxy) is 1. The molecule has 1 aliphatic rings. The molecule has 1 fully saturated rings. The van der Waals surface area contributed by atoms with Crippen LogP contribution in [0.4, 0.5) is 0 Å². The fourth-order valence-corrected chi connectivity index (χ4v) is 2.75. The zero-order valence-electron chi connectivity index (χ0n) is 9.32. The molecule has 15 heavy (non-hydrogen) atoms. The quantitative estimate of drug-likeness (QED) is 0.764. The zero-order chi connectivity index (χ0) is 10.5. The molecule has 0 aliphatic carbocycles. The first-order valence-corrected chi connectivity index (χ1v) is 6.63. The normalized spacial score (nSPS) is 21.3. The molecule has 0 bridgehead atoms. The van der Waals surface area contributed by atoms with Crippen molar-refractivity contribution in [2.45, 2.75) is 32.4 Å². The number of thiophene rings is 1. The summed E-state index contributed by atoms with van der Waals surface area (Å²) in [7, 11) is 0. The third kappa shape index (κ3) is 3.30. The summed E-state index contributed by atoms with van der Waals surface area (Å²) in [6, 6.07) is 4.34. The molecule has 0 aromatic carbocycles. The second-order valence-corrected chi connectivity index (χ2v) is 5.07. The van der Waals surface area contributed by atoms with Crippen LogP contribution in [-0.4, -0.2) is 30.7 Å². The highest BCUT2D eigenvalue weighted by Crippen LogP contribution is 2.16. The van der Waals surface area contributed by atoms with E-state index in [-0.39, 0.29) is 0 Å². The molecule has 84 valence electrons. The third-order valence-electron chi connectivity index (χ3n) is 2.89. The Morgan fingerprint density at radius 2 is 2.53 bits per heavy atom. The second-order valence-electron chi connectivity index (χ2n) is 4.04. The van der Waals surface area contributed by atoms with Gasteiger partial charge in [-0.05, 0) is 30.8 Å². The molecule has 0 saturated carbocycles. The van der Waals surface area contributed by atoms with Crippen molar-refractivity contribution < 1.29 is 4.74 Å². The molecule has 1 aliphatic heterocycles. The Bertz CT molecular complexity index is 267. The van der Waals surface area contributed by atoms with Gasteiger partial charge in [0.2, 0.25) is 0 Å². The summed E-state index contributed by atoms with van der Waals surface area (Å²) in [5, 5.41) is 2.15. The Balaban J connectivity index is 1.81. The minimum absolute atomic E-state index is 0.477. The van der Waals surface area contributed by atoms with Crippen molar-refractivity contribution in [3.05, 3.63) is 22.4 Å². The lowest BCUT2D eigenvalue weighted by Crippen LogP contribution is -2.31. The summed E-state index contributed by atoms with van der Waals surface area (Å²) in [6.45, 7) is 6.46. The van der Waals surface area contributed by atoms with Gasteiger partial charge in [-0.1, -0.05) is 13.0 Å². The van der Waals surface area contributed by atoms with E-state index in [0.29, 0.717) is 6.10 Å². The van der Waals surface area contributed by atoms with Crippen molar-refractivity contribution in [1.82, 2.24) is 4.90 Å². The van der Waals surface area contributed by atoms with Crippen LogP contribution in [0.25, 0.3) is 0 Å². The Hall–Kier alpha value is -0.380. The Morgan fingerprint density at radius 3 is 3.13 bits per heavy atom. The van der Waals surface area contributed by atoms with Crippen molar-refractivity contribution in [2.75, 3.05) is 19.7 Å². The van der Waals surface area contributed by atoms with Gasteiger partial charge in [0.1, 0.15) is 0 Å². The molecule has 0 amide bonds. The Kier molecular flexibility index (Phi) is 4.18. The summed E-state index contributed by atoms with van der Waals surface area (Å²) in [5.74, 6) is 0. The third-order valence-corrected chi connectivity index (χ3v) is 3.75. The smallest absolute Gasteiger partial charge is 0.0702 e. The van der Waals surface area contributed by atoms with Gasteiger partial charge in [0, 0.05) is 24.6 Å². The van der Waals surface area contributed by atoms with Crippen molar-refractivity contribution in [3.8, 4) is 0 Å². The lowest BCUT2D eigenvalue weighted by Gasteiger charge is -2.22. The first kappa shape index (κ1) is 11.1. The molecule has 2 rings (SSSR count). The van der Waals surface area contributed by atoms with Gasteiger partial charge in [-0.15, -0.1) is 11.3 Å². The van der Waals surface area contributed by atoms with Crippen LogP contribution in [0.2, 0.25) is 0 Å². The standard InChI is InChI=1S/C12H19NOS/c1-2-13(9-11-5-3-7-14-11)10-12-6-4-8-15-12/h4,6,8,11H,2-3,5,7,9-10H2,1H3/t11-/m0/s1. The van der Waals surface area contributed by atoms with Crippen LogP contribution in [0.1, 0.15) is 24.6 Å². The van der Waals surface area contributed by atoms with E-state index in [1.807, 2.05) is 11.3 Å². The van der Waals surface area contributed by atoms with Crippen LogP contribution in [0.3, 0.4) is 0 Å². The number of likely N-dealkylation sites (N-methyl/N-ethyl adjacent to an activating group) is 1. The molecule has 3 heteroatoms. The summed E-state index contributed by atoms with van der Waals surface area (Å²) in [4.78, 5) is 3.93. The average molecular weight is 225 g/mol. The van der Waals surface area contributed by atoms with Crippen LogP contribution in [0.5, 0.6) is 0 Å². The maximum absolute atomic E-state index is 5.67. The topological polar surface area (TPSA) is 12.5 Å². The molecule has 1 atom stereocenters. The van der Waals surface area contributed by atoms with Gasteiger partial charge in [-0.25, -0.2) is 0 Å². The predicted octanol–water partition coefficient (Wildman–Crippen LogP) is 2.75. The predicted molar refractivity (Wildman–Crippen MR) is 64.2 cm³/mol. The summed E-state index contributed by atoms with van der Waals surface area (Å²) in [5.41, 5.74) is 0. The van der Waals surface area contributed by atoms with E-state index >= 15 is 0 Å². The largest absolute Gasteiger partial charge is 0.377 e. The second kappa shape index (κ2) is 5.64. The SMILES string of the molecule is CCN(Cc1cccs1)C[C@@H]1CCCO1. The van der Waals surface area contributed by atoms with Crippen molar-refractivity contribution >= 4 is 11.3 Å². The molecular formula is C12H19NOS. The maximum atomic E-state index is 5.67. The molecule has 0 unspecified atom stereocenters. The number of rotatable bonds is 5. The minimum Gasteiger partial charge on any atom is -0.377 e. The van der Waals surface area contributed by atoms with E-state index in [2.05, 4.69) is 29.3 Å². The molecule has 1 aromatic heterocycles. The lowest BCUT2D eigenvalue weighted by atomic mass is 10.2. The summed E-state index contributed by atoms with van der Waals surface area (Å²) in [6.07, 6.45) is 2.95. The van der Waals surface area contributed by atoms with Crippen molar-refractivity contribution in [3.63, 3.8) is 0 Å². The van der Waals surface area contributed by atoms with Crippen LogP contribution < -0.4 is 0 Å². The van der Waals surface area contributed by atoms with Crippen LogP contribution in [-0.2, 0) is 11.3 Å². The fourth-order valence-electron chi connectivity index (χ4n) is 2.00. The van der Waals surface area contributed by atoms with Gasteiger partial charge in [0.05, 0.1) is 6.10 Å². The molecule has 0 N–H and O–H groups in total. The maximum Gasteiger partial charge on any atom is 0.0702 e. The monoisotopic (exact) mass is 225 g/mol. The van der Waals surface area contributed by atoms with E-state index in [4.69, 9.17) is 4.74 Å². The highest BCUT2D eigenvalue weighted by atomic mass is 32.1. The van der Waals surface area contributed by atoms with E-state index in [1.54, 1.807) is 0 Å². The van der Waals surface area contributed by atoms with Gasteiger partial charge in [-0.2, -0.15) is 0 Å².